The van der Waals surface area contributed by atoms with Gasteiger partial charge in [-0.2, -0.15) is 0 Å². The third-order valence-electron chi connectivity index (χ3n) is 3.03. The third-order valence-corrected chi connectivity index (χ3v) is 3.03. The topological polar surface area (TPSA) is 70.8 Å². The van der Waals surface area contributed by atoms with Crippen molar-refractivity contribution in [2.24, 2.45) is 0 Å². The Morgan fingerprint density at radius 3 is 2.82 bits per heavy atom. The summed E-state index contributed by atoms with van der Waals surface area (Å²) >= 11 is 0. The van der Waals surface area contributed by atoms with Crippen LogP contribution >= 0.6 is 0 Å². The highest BCUT2D eigenvalue weighted by atomic mass is 16.4. The fourth-order valence-corrected chi connectivity index (χ4v) is 2.15. The molecule has 1 saturated heterocycles. The number of likely N-dealkylation sites (tertiary alicyclic amines) is 1. The molecule has 0 aliphatic carbocycles. The normalized spacial score (nSPS) is 20.3. The Kier molecular flexibility index (Phi) is 3.17. The van der Waals surface area contributed by atoms with Crippen LogP contribution in [-0.2, 0) is 4.79 Å². The van der Waals surface area contributed by atoms with E-state index in [0.29, 0.717) is 24.3 Å². The second-order valence-corrected chi connectivity index (χ2v) is 4.29. The van der Waals surface area contributed by atoms with Gasteiger partial charge < -0.3 is 14.4 Å². The highest BCUT2D eigenvalue weighted by Crippen LogP contribution is 2.20. The molecule has 0 unspecified atom stereocenters. The van der Waals surface area contributed by atoms with Crippen molar-refractivity contribution < 1.29 is 19.1 Å². The first-order valence-electron chi connectivity index (χ1n) is 5.68. The first kappa shape index (κ1) is 11.7. The predicted octanol–water partition coefficient (Wildman–Crippen LogP) is 1.67. The maximum atomic E-state index is 12.1. The molecule has 1 aromatic rings. The molecule has 0 bridgehead atoms. The molecular weight excluding hydrogens is 222 g/mol. The number of hydrogen-bond donors (Lipinski definition) is 1. The molecule has 1 aliphatic rings. The quantitative estimate of drug-likeness (QED) is 0.849. The van der Waals surface area contributed by atoms with E-state index in [1.54, 1.807) is 13.0 Å². The van der Waals surface area contributed by atoms with Gasteiger partial charge in [0.2, 0.25) is 0 Å². The Labute approximate surface area is 99.0 Å². The van der Waals surface area contributed by atoms with Gasteiger partial charge in [-0.1, -0.05) is 0 Å². The molecule has 1 N–H and O–H groups in total. The van der Waals surface area contributed by atoms with Gasteiger partial charge in [0.05, 0.1) is 5.56 Å². The van der Waals surface area contributed by atoms with Gasteiger partial charge >= 0.3 is 5.97 Å². The summed E-state index contributed by atoms with van der Waals surface area (Å²) in [6.07, 6.45) is 3.61. The second kappa shape index (κ2) is 4.61. The number of furan rings is 1. The van der Waals surface area contributed by atoms with Crippen LogP contribution in [0.2, 0.25) is 0 Å². The van der Waals surface area contributed by atoms with Crippen LogP contribution in [0.15, 0.2) is 16.7 Å². The standard InChI is InChI=1S/C12H15NO4/c1-8-6-9(7-17-8)11(14)13-5-3-2-4-10(13)12(15)16/h6-7,10H,2-5H2,1H3,(H,15,16)/t10-/m1/s1. The van der Waals surface area contributed by atoms with E-state index in [9.17, 15) is 9.59 Å². The molecule has 1 amide bonds. The van der Waals surface area contributed by atoms with E-state index in [1.165, 1.54) is 11.2 Å². The van der Waals surface area contributed by atoms with Gasteiger partial charge in [0.15, 0.2) is 0 Å². The number of carboxylic acid groups (broad SMARTS) is 1. The molecule has 0 aromatic carbocycles. The number of rotatable bonds is 2. The van der Waals surface area contributed by atoms with Crippen LogP contribution < -0.4 is 0 Å². The summed E-state index contributed by atoms with van der Waals surface area (Å²) in [7, 11) is 0. The van der Waals surface area contributed by atoms with E-state index in [1.807, 2.05) is 0 Å². The summed E-state index contributed by atoms with van der Waals surface area (Å²) in [6, 6.07) is 0.932. The second-order valence-electron chi connectivity index (χ2n) is 4.29. The predicted molar refractivity (Wildman–Crippen MR) is 59.8 cm³/mol. The molecule has 5 nitrogen and oxygen atoms in total. The Balaban J connectivity index is 2.19. The van der Waals surface area contributed by atoms with Gasteiger partial charge in [0, 0.05) is 6.54 Å². The molecule has 92 valence electrons. The minimum Gasteiger partial charge on any atom is -0.480 e. The molecule has 17 heavy (non-hydrogen) atoms. The number of hydrogen-bond acceptors (Lipinski definition) is 3. The van der Waals surface area contributed by atoms with Crippen molar-refractivity contribution in [1.82, 2.24) is 4.90 Å². The van der Waals surface area contributed by atoms with Gasteiger partial charge in [-0.3, -0.25) is 4.79 Å². The van der Waals surface area contributed by atoms with Crippen molar-refractivity contribution in [3.8, 4) is 0 Å². The zero-order chi connectivity index (χ0) is 12.4. The monoisotopic (exact) mass is 237 g/mol. The Bertz CT molecular complexity index is 437. The zero-order valence-corrected chi connectivity index (χ0v) is 9.68. The molecule has 0 radical (unpaired) electrons. The molecular formula is C12H15NO4. The van der Waals surface area contributed by atoms with Crippen LogP contribution in [0.4, 0.5) is 0 Å². The van der Waals surface area contributed by atoms with E-state index < -0.39 is 12.0 Å². The number of carbonyl (C=O) groups excluding carboxylic acids is 1. The van der Waals surface area contributed by atoms with Crippen LogP contribution in [0.25, 0.3) is 0 Å². The molecule has 1 aliphatic heterocycles. The van der Waals surface area contributed by atoms with E-state index >= 15 is 0 Å². The number of piperidine rings is 1. The summed E-state index contributed by atoms with van der Waals surface area (Å²) in [5.74, 6) is -0.538. The van der Waals surface area contributed by atoms with Crippen LogP contribution in [-0.4, -0.2) is 34.5 Å². The average molecular weight is 237 g/mol. The van der Waals surface area contributed by atoms with Gasteiger partial charge in [-0.25, -0.2) is 4.79 Å². The first-order chi connectivity index (χ1) is 8.09. The largest absolute Gasteiger partial charge is 0.480 e. The van der Waals surface area contributed by atoms with Gasteiger partial charge in [-0.15, -0.1) is 0 Å². The minimum atomic E-state index is -0.932. The minimum absolute atomic E-state index is 0.256. The number of aliphatic carboxylic acids is 1. The van der Waals surface area contributed by atoms with Crippen LogP contribution in [0.5, 0.6) is 0 Å². The molecule has 5 heteroatoms. The fourth-order valence-electron chi connectivity index (χ4n) is 2.15. The molecule has 0 spiro atoms. The van der Waals surface area contributed by atoms with Crippen LogP contribution in [0.3, 0.4) is 0 Å². The molecule has 1 aromatic heterocycles. The summed E-state index contributed by atoms with van der Waals surface area (Å²) in [4.78, 5) is 24.6. The summed E-state index contributed by atoms with van der Waals surface area (Å²) < 4.78 is 5.08. The Morgan fingerprint density at radius 1 is 1.47 bits per heavy atom. The lowest BCUT2D eigenvalue weighted by atomic mass is 10.0. The Morgan fingerprint density at radius 2 is 2.24 bits per heavy atom. The number of aryl methyl sites for hydroxylation is 1. The highest BCUT2D eigenvalue weighted by Gasteiger charge is 2.32. The lowest BCUT2D eigenvalue weighted by Crippen LogP contribution is -2.47. The van der Waals surface area contributed by atoms with Crippen molar-refractivity contribution in [2.75, 3.05) is 6.54 Å². The lowest BCUT2D eigenvalue weighted by molar-refractivity contribution is -0.143. The maximum absolute atomic E-state index is 12.1. The van der Waals surface area contributed by atoms with Gasteiger partial charge in [0.1, 0.15) is 18.1 Å². The maximum Gasteiger partial charge on any atom is 0.326 e. The number of carbonyl (C=O) groups is 2. The molecule has 0 saturated carbocycles. The zero-order valence-electron chi connectivity index (χ0n) is 9.68. The fraction of sp³-hybridized carbons (Fsp3) is 0.500. The SMILES string of the molecule is Cc1cc(C(=O)N2CCCC[C@@H]2C(=O)O)co1. The smallest absolute Gasteiger partial charge is 0.326 e. The van der Waals surface area contributed by atoms with Crippen LogP contribution in [0, 0.1) is 6.92 Å². The molecule has 1 atom stereocenters. The van der Waals surface area contributed by atoms with Crippen molar-refractivity contribution >= 4 is 11.9 Å². The van der Waals surface area contributed by atoms with Crippen molar-refractivity contribution in [1.29, 1.82) is 0 Å². The molecule has 2 heterocycles. The number of nitrogens with zero attached hydrogens (tertiary/aromatic N) is 1. The number of carboxylic acids is 1. The summed E-state index contributed by atoms with van der Waals surface area (Å²) in [6.45, 7) is 2.25. The van der Waals surface area contributed by atoms with Crippen molar-refractivity contribution in [3.63, 3.8) is 0 Å². The Hall–Kier alpha value is -1.78. The van der Waals surface area contributed by atoms with E-state index in [-0.39, 0.29) is 5.91 Å². The summed E-state index contributed by atoms with van der Waals surface area (Å²) in [5.41, 5.74) is 0.427. The first-order valence-corrected chi connectivity index (χ1v) is 5.68. The van der Waals surface area contributed by atoms with E-state index in [4.69, 9.17) is 9.52 Å². The van der Waals surface area contributed by atoms with Crippen molar-refractivity contribution in [3.05, 3.63) is 23.7 Å². The van der Waals surface area contributed by atoms with Crippen molar-refractivity contribution in [2.45, 2.75) is 32.2 Å². The average Bonchev–Trinajstić information content (AvgIpc) is 2.75. The molecule has 2 rings (SSSR count). The third kappa shape index (κ3) is 2.33. The lowest BCUT2D eigenvalue weighted by Gasteiger charge is -2.32. The number of amides is 1. The van der Waals surface area contributed by atoms with E-state index in [0.717, 1.165) is 12.8 Å². The molecule has 1 fully saturated rings. The van der Waals surface area contributed by atoms with E-state index in [2.05, 4.69) is 0 Å². The van der Waals surface area contributed by atoms with Gasteiger partial charge in [0.25, 0.3) is 5.91 Å². The highest BCUT2D eigenvalue weighted by molar-refractivity contribution is 5.96. The summed E-state index contributed by atoms with van der Waals surface area (Å²) in [5, 5.41) is 9.09. The van der Waals surface area contributed by atoms with Crippen LogP contribution in [0.1, 0.15) is 35.4 Å². The van der Waals surface area contributed by atoms with Gasteiger partial charge in [-0.05, 0) is 32.3 Å².